The molecule has 1 aromatic heterocycles. The molecule has 2 aromatic carbocycles. The molecule has 4 rings (SSSR count). The topological polar surface area (TPSA) is 63.8 Å². The Morgan fingerprint density at radius 1 is 0.931 bits per heavy atom. The smallest absolute Gasteiger partial charge is 0.253 e. The van der Waals surface area contributed by atoms with Crippen molar-refractivity contribution in [2.24, 2.45) is 0 Å². The van der Waals surface area contributed by atoms with Crippen LogP contribution in [0.3, 0.4) is 0 Å². The van der Waals surface area contributed by atoms with Crippen molar-refractivity contribution in [3.05, 3.63) is 53.7 Å². The summed E-state index contributed by atoms with van der Waals surface area (Å²) in [6, 6.07) is 13.6. The van der Waals surface area contributed by atoms with Crippen molar-refractivity contribution in [3.63, 3.8) is 0 Å². The summed E-state index contributed by atoms with van der Waals surface area (Å²) in [5, 5.41) is 1.16. The fourth-order valence-electron chi connectivity index (χ4n) is 4.03. The van der Waals surface area contributed by atoms with Gasteiger partial charge in [-0.25, -0.2) is 0 Å². The Bertz CT molecular complexity index is 1020. The number of methoxy groups -OCH3 is 3. The normalized spacial score (nSPS) is 14.8. The number of ether oxygens (including phenoxy) is 3. The molecule has 0 aliphatic carbocycles. The van der Waals surface area contributed by atoms with Crippen LogP contribution >= 0.6 is 0 Å². The lowest BCUT2D eigenvalue weighted by molar-refractivity contribution is 0.0712. The number of hydrogen-bond acceptors (Lipinski definition) is 4. The molecule has 1 N–H and O–H groups in total. The first-order chi connectivity index (χ1) is 14.1. The molecule has 1 aliphatic heterocycles. The van der Waals surface area contributed by atoms with Gasteiger partial charge in [0, 0.05) is 41.2 Å². The van der Waals surface area contributed by atoms with Gasteiger partial charge in [-0.05, 0) is 55.3 Å². The van der Waals surface area contributed by atoms with E-state index in [-0.39, 0.29) is 5.91 Å². The molecule has 29 heavy (non-hydrogen) atoms. The lowest BCUT2D eigenvalue weighted by atomic mass is 9.93. The number of nitrogens with one attached hydrogen (secondary N) is 1. The van der Waals surface area contributed by atoms with Crippen LogP contribution in [0.4, 0.5) is 0 Å². The van der Waals surface area contributed by atoms with Gasteiger partial charge in [0.15, 0.2) is 11.5 Å². The number of benzene rings is 2. The molecule has 0 unspecified atom stereocenters. The van der Waals surface area contributed by atoms with Crippen LogP contribution < -0.4 is 14.2 Å². The zero-order valence-corrected chi connectivity index (χ0v) is 17.0. The highest BCUT2D eigenvalue weighted by molar-refractivity contribution is 5.95. The van der Waals surface area contributed by atoms with Crippen LogP contribution in [0.2, 0.25) is 0 Å². The summed E-state index contributed by atoms with van der Waals surface area (Å²) in [7, 11) is 4.84. The number of H-pyrrole nitrogens is 1. The number of piperidine rings is 1. The Hall–Kier alpha value is -3.15. The van der Waals surface area contributed by atoms with Crippen molar-refractivity contribution in [2.75, 3.05) is 34.4 Å². The molecule has 1 amide bonds. The third-order valence-electron chi connectivity index (χ3n) is 5.70. The molecule has 6 heteroatoms. The Kier molecular flexibility index (Phi) is 5.34. The molecule has 152 valence electrons. The first-order valence-electron chi connectivity index (χ1n) is 9.81. The number of rotatable bonds is 5. The molecule has 6 nitrogen and oxygen atoms in total. The number of amides is 1. The Morgan fingerprint density at radius 3 is 2.38 bits per heavy atom. The highest BCUT2D eigenvalue weighted by Crippen LogP contribution is 2.33. The number of likely N-dealkylation sites (tertiary alicyclic amines) is 1. The second kappa shape index (κ2) is 8.07. The van der Waals surface area contributed by atoms with Gasteiger partial charge in [0.1, 0.15) is 5.75 Å². The standard InChI is InChI=1S/C23H26N2O4/c1-27-18-5-6-19-17(12-18)13-20(24-19)15-8-10-25(11-9-15)23(26)16-4-7-21(28-2)22(14-16)29-3/h4-7,12-15,24H,8-11H2,1-3H3. The minimum absolute atomic E-state index is 0.0331. The first-order valence-corrected chi connectivity index (χ1v) is 9.81. The molecule has 1 fully saturated rings. The van der Waals surface area contributed by atoms with E-state index in [9.17, 15) is 4.79 Å². The first kappa shape index (κ1) is 19.2. The van der Waals surface area contributed by atoms with Gasteiger partial charge in [-0.15, -0.1) is 0 Å². The Labute approximate surface area is 170 Å². The molecular formula is C23H26N2O4. The van der Waals surface area contributed by atoms with Gasteiger partial charge in [0.05, 0.1) is 21.3 Å². The van der Waals surface area contributed by atoms with E-state index in [1.54, 1.807) is 39.5 Å². The summed E-state index contributed by atoms with van der Waals surface area (Å²) >= 11 is 0. The van der Waals surface area contributed by atoms with Gasteiger partial charge in [0.2, 0.25) is 0 Å². The van der Waals surface area contributed by atoms with Crippen molar-refractivity contribution in [3.8, 4) is 17.2 Å². The summed E-state index contributed by atoms with van der Waals surface area (Å²) in [5.74, 6) is 2.51. The SMILES string of the molecule is COc1ccc2[nH]c(C3CCN(C(=O)c4ccc(OC)c(OC)c4)CC3)cc2c1. The number of fused-ring (bicyclic) bond motifs is 1. The van der Waals surface area contributed by atoms with E-state index in [4.69, 9.17) is 14.2 Å². The van der Waals surface area contributed by atoms with Crippen molar-refractivity contribution < 1.29 is 19.0 Å². The summed E-state index contributed by atoms with van der Waals surface area (Å²) in [6.45, 7) is 1.47. The minimum Gasteiger partial charge on any atom is -0.497 e. The van der Waals surface area contributed by atoms with Crippen LogP contribution in [-0.4, -0.2) is 50.2 Å². The van der Waals surface area contributed by atoms with Gasteiger partial charge in [-0.3, -0.25) is 4.79 Å². The van der Waals surface area contributed by atoms with Crippen molar-refractivity contribution in [1.82, 2.24) is 9.88 Å². The number of carbonyl (C=O) groups is 1. The number of nitrogens with zero attached hydrogens (tertiary/aromatic N) is 1. The van der Waals surface area contributed by atoms with E-state index in [0.29, 0.717) is 23.0 Å². The van der Waals surface area contributed by atoms with Gasteiger partial charge in [0.25, 0.3) is 5.91 Å². The lowest BCUT2D eigenvalue weighted by Gasteiger charge is -2.31. The van der Waals surface area contributed by atoms with Crippen LogP contribution in [0.5, 0.6) is 17.2 Å². The quantitative estimate of drug-likeness (QED) is 0.704. The highest BCUT2D eigenvalue weighted by Gasteiger charge is 2.26. The number of hydrogen-bond donors (Lipinski definition) is 1. The van der Waals surface area contributed by atoms with Crippen LogP contribution in [0.15, 0.2) is 42.5 Å². The van der Waals surface area contributed by atoms with Crippen molar-refractivity contribution in [1.29, 1.82) is 0 Å². The van der Waals surface area contributed by atoms with E-state index in [0.717, 1.165) is 42.6 Å². The summed E-state index contributed by atoms with van der Waals surface area (Å²) in [6.07, 6.45) is 1.87. The molecular weight excluding hydrogens is 368 g/mol. The molecule has 0 atom stereocenters. The van der Waals surface area contributed by atoms with E-state index >= 15 is 0 Å². The fraction of sp³-hybridized carbons (Fsp3) is 0.348. The largest absolute Gasteiger partial charge is 0.497 e. The maximum absolute atomic E-state index is 12.9. The van der Waals surface area contributed by atoms with E-state index in [2.05, 4.69) is 11.1 Å². The average molecular weight is 394 g/mol. The van der Waals surface area contributed by atoms with Crippen molar-refractivity contribution >= 4 is 16.8 Å². The minimum atomic E-state index is 0.0331. The maximum Gasteiger partial charge on any atom is 0.253 e. The van der Waals surface area contributed by atoms with Crippen LogP contribution in [0, 0.1) is 0 Å². The maximum atomic E-state index is 12.9. The molecule has 2 heterocycles. The second-order valence-corrected chi connectivity index (χ2v) is 7.31. The Morgan fingerprint density at radius 2 is 1.69 bits per heavy atom. The van der Waals surface area contributed by atoms with Gasteiger partial charge in [-0.2, -0.15) is 0 Å². The van der Waals surface area contributed by atoms with E-state index < -0.39 is 0 Å². The molecule has 1 aliphatic rings. The van der Waals surface area contributed by atoms with E-state index in [1.165, 1.54) is 5.69 Å². The molecule has 3 aromatic rings. The predicted molar refractivity (Wildman–Crippen MR) is 112 cm³/mol. The molecule has 1 saturated heterocycles. The number of carbonyl (C=O) groups excluding carboxylic acids is 1. The molecule has 0 spiro atoms. The number of aromatic nitrogens is 1. The number of aromatic amines is 1. The Balaban J connectivity index is 1.44. The van der Waals surface area contributed by atoms with Gasteiger partial charge in [-0.1, -0.05) is 0 Å². The van der Waals surface area contributed by atoms with Gasteiger partial charge < -0.3 is 24.1 Å². The predicted octanol–water partition coefficient (Wildman–Crippen LogP) is 4.21. The van der Waals surface area contributed by atoms with Gasteiger partial charge >= 0.3 is 0 Å². The fourth-order valence-corrected chi connectivity index (χ4v) is 4.03. The highest BCUT2D eigenvalue weighted by atomic mass is 16.5. The third kappa shape index (κ3) is 3.75. The molecule has 0 saturated carbocycles. The summed E-state index contributed by atoms with van der Waals surface area (Å²) < 4.78 is 15.9. The zero-order chi connectivity index (χ0) is 20.4. The average Bonchev–Trinajstić information content (AvgIpc) is 3.21. The second-order valence-electron chi connectivity index (χ2n) is 7.31. The van der Waals surface area contributed by atoms with Crippen molar-refractivity contribution in [2.45, 2.75) is 18.8 Å². The van der Waals surface area contributed by atoms with E-state index in [1.807, 2.05) is 23.1 Å². The lowest BCUT2D eigenvalue weighted by Crippen LogP contribution is -2.38. The zero-order valence-electron chi connectivity index (χ0n) is 17.0. The summed E-state index contributed by atoms with van der Waals surface area (Å²) in [5.41, 5.74) is 2.97. The van der Waals surface area contributed by atoms with Crippen LogP contribution in [-0.2, 0) is 0 Å². The summed E-state index contributed by atoms with van der Waals surface area (Å²) in [4.78, 5) is 18.4. The third-order valence-corrected chi connectivity index (χ3v) is 5.70. The molecule has 0 radical (unpaired) electrons. The molecule has 0 bridgehead atoms. The van der Waals surface area contributed by atoms with Crippen LogP contribution in [0.25, 0.3) is 10.9 Å². The van der Waals surface area contributed by atoms with Crippen LogP contribution in [0.1, 0.15) is 34.8 Å². The monoisotopic (exact) mass is 394 g/mol.